The lowest BCUT2D eigenvalue weighted by Gasteiger charge is -2.23. The molecule has 5 nitrogen and oxygen atoms in total. The Morgan fingerprint density at radius 1 is 1.53 bits per heavy atom. The quantitative estimate of drug-likeness (QED) is 0.893. The van der Waals surface area contributed by atoms with Crippen LogP contribution in [0.25, 0.3) is 0 Å². The number of nitrogens with zero attached hydrogens (tertiary/aromatic N) is 2. The van der Waals surface area contributed by atoms with Crippen LogP contribution in [0.3, 0.4) is 0 Å². The predicted octanol–water partition coefficient (Wildman–Crippen LogP) is 1.55. The molecule has 1 aromatic heterocycles. The maximum Gasteiger partial charge on any atom is 0.306 e. The van der Waals surface area contributed by atoms with Crippen molar-refractivity contribution in [3.05, 3.63) is 22.8 Å². The fourth-order valence-electron chi connectivity index (χ4n) is 2.49. The van der Waals surface area contributed by atoms with E-state index in [0.29, 0.717) is 19.3 Å². The fourth-order valence-corrected chi connectivity index (χ4v) is 2.49. The normalized spacial score (nSPS) is 19.8. The number of aryl methyl sites for hydroxylation is 2. The van der Waals surface area contributed by atoms with Crippen LogP contribution in [0.15, 0.2) is 0 Å². The van der Waals surface area contributed by atoms with Crippen LogP contribution in [0.1, 0.15) is 36.1 Å². The first-order valence-corrected chi connectivity index (χ1v) is 6.62. The van der Waals surface area contributed by atoms with Gasteiger partial charge in [-0.3, -0.25) is 4.79 Å². The summed E-state index contributed by atoms with van der Waals surface area (Å²) in [6.45, 7) is 3.92. The van der Waals surface area contributed by atoms with Gasteiger partial charge in [0, 0.05) is 24.9 Å². The number of fused-ring (bicyclic) bond motifs is 1. The van der Waals surface area contributed by atoms with Gasteiger partial charge in [0.2, 0.25) is 0 Å². The Kier molecular flexibility index (Phi) is 4.14. The van der Waals surface area contributed by atoms with Crippen LogP contribution in [0.2, 0.25) is 0 Å². The highest BCUT2D eigenvalue weighted by Crippen LogP contribution is 2.26. The van der Waals surface area contributed by atoms with Crippen LogP contribution >= 0.6 is 0 Å². The number of aliphatic carboxylic acids is 1. The van der Waals surface area contributed by atoms with Gasteiger partial charge in [0.1, 0.15) is 5.82 Å². The second-order valence-electron chi connectivity index (χ2n) is 5.18. The monoisotopic (exact) mass is 264 g/mol. The van der Waals surface area contributed by atoms with Gasteiger partial charge in [-0.1, -0.05) is 0 Å². The molecule has 0 bridgehead atoms. The topological polar surface area (TPSA) is 72.3 Å². The van der Waals surface area contributed by atoms with Crippen LogP contribution in [-0.4, -0.2) is 34.3 Å². The summed E-state index contributed by atoms with van der Waals surface area (Å²) < 4.78 is 5.23. The lowest BCUT2D eigenvalue weighted by molar-refractivity contribution is -0.142. The molecule has 1 heterocycles. The van der Waals surface area contributed by atoms with Crippen molar-refractivity contribution in [2.24, 2.45) is 5.92 Å². The second-order valence-corrected chi connectivity index (χ2v) is 5.18. The smallest absolute Gasteiger partial charge is 0.306 e. The van der Waals surface area contributed by atoms with Gasteiger partial charge in [-0.15, -0.1) is 0 Å². The SMILES string of the molecule is COC(C)Cc1nc(C)c2c(n1)CCC(C(=O)O)C2. The number of carboxylic acids is 1. The zero-order chi connectivity index (χ0) is 14.0. The van der Waals surface area contributed by atoms with Gasteiger partial charge in [0.25, 0.3) is 0 Å². The zero-order valence-corrected chi connectivity index (χ0v) is 11.6. The molecule has 104 valence electrons. The highest BCUT2D eigenvalue weighted by molar-refractivity contribution is 5.71. The van der Waals surface area contributed by atoms with E-state index in [1.165, 1.54) is 0 Å². The number of ether oxygens (including phenoxy) is 1. The molecule has 1 N–H and O–H groups in total. The highest BCUT2D eigenvalue weighted by atomic mass is 16.5. The van der Waals surface area contributed by atoms with Crippen molar-refractivity contribution in [2.45, 2.75) is 45.6 Å². The first-order chi connectivity index (χ1) is 9.01. The summed E-state index contributed by atoms with van der Waals surface area (Å²) in [6.07, 6.45) is 2.72. The highest BCUT2D eigenvalue weighted by Gasteiger charge is 2.27. The number of rotatable bonds is 4. The average molecular weight is 264 g/mol. The summed E-state index contributed by atoms with van der Waals surface area (Å²) in [5, 5.41) is 9.10. The largest absolute Gasteiger partial charge is 0.481 e. The molecule has 0 spiro atoms. The number of hydrogen-bond acceptors (Lipinski definition) is 4. The Bertz CT molecular complexity index is 488. The molecule has 0 fully saturated rings. The van der Waals surface area contributed by atoms with E-state index in [-0.39, 0.29) is 12.0 Å². The Hall–Kier alpha value is -1.49. The van der Waals surface area contributed by atoms with E-state index in [1.807, 2.05) is 13.8 Å². The minimum absolute atomic E-state index is 0.0906. The number of aromatic nitrogens is 2. The molecule has 5 heteroatoms. The van der Waals surface area contributed by atoms with Crippen LogP contribution in [-0.2, 0) is 28.8 Å². The Morgan fingerprint density at radius 3 is 2.89 bits per heavy atom. The van der Waals surface area contributed by atoms with Gasteiger partial charge in [0.05, 0.1) is 12.0 Å². The van der Waals surface area contributed by atoms with Crippen molar-refractivity contribution >= 4 is 5.97 Å². The van der Waals surface area contributed by atoms with Gasteiger partial charge in [0.15, 0.2) is 0 Å². The van der Waals surface area contributed by atoms with E-state index in [1.54, 1.807) is 7.11 Å². The number of carbonyl (C=O) groups is 1. The number of carboxylic acid groups (broad SMARTS) is 1. The lowest BCUT2D eigenvalue weighted by atomic mass is 9.86. The van der Waals surface area contributed by atoms with E-state index >= 15 is 0 Å². The van der Waals surface area contributed by atoms with Crippen LogP contribution < -0.4 is 0 Å². The summed E-state index contributed by atoms with van der Waals surface area (Å²) in [5.74, 6) is -0.222. The molecule has 2 atom stereocenters. The molecule has 0 radical (unpaired) electrons. The third kappa shape index (κ3) is 3.10. The summed E-state index contributed by atoms with van der Waals surface area (Å²) >= 11 is 0. The molecule has 19 heavy (non-hydrogen) atoms. The Labute approximate surface area is 113 Å². The molecule has 1 aliphatic rings. The molecule has 0 aliphatic heterocycles. The van der Waals surface area contributed by atoms with Crippen LogP contribution in [0.5, 0.6) is 0 Å². The van der Waals surface area contributed by atoms with Crippen molar-refractivity contribution in [3.8, 4) is 0 Å². The van der Waals surface area contributed by atoms with E-state index in [2.05, 4.69) is 9.97 Å². The molecule has 1 aromatic rings. The van der Waals surface area contributed by atoms with Crippen molar-refractivity contribution in [1.82, 2.24) is 9.97 Å². The first kappa shape index (κ1) is 13.9. The predicted molar refractivity (Wildman–Crippen MR) is 70.1 cm³/mol. The Morgan fingerprint density at radius 2 is 2.26 bits per heavy atom. The summed E-state index contributed by atoms with van der Waals surface area (Å²) in [4.78, 5) is 20.1. The summed E-state index contributed by atoms with van der Waals surface area (Å²) in [6, 6.07) is 0. The van der Waals surface area contributed by atoms with Crippen LogP contribution in [0, 0.1) is 12.8 Å². The fraction of sp³-hybridized carbons (Fsp3) is 0.643. The summed E-state index contributed by atoms with van der Waals surface area (Å²) in [7, 11) is 1.67. The number of hydrogen-bond donors (Lipinski definition) is 1. The van der Waals surface area contributed by atoms with Gasteiger partial charge in [-0.05, 0) is 38.7 Å². The van der Waals surface area contributed by atoms with Crippen molar-refractivity contribution in [1.29, 1.82) is 0 Å². The van der Waals surface area contributed by atoms with E-state index < -0.39 is 5.97 Å². The molecule has 2 rings (SSSR count). The zero-order valence-electron chi connectivity index (χ0n) is 11.6. The van der Waals surface area contributed by atoms with E-state index in [9.17, 15) is 4.79 Å². The van der Waals surface area contributed by atoms with Crippen molar-refractivity contribution in [3.63, 3.8) is 0 Å². The number of methoxy groups -OCH3 is 1. The minimum atomic E-state index is -0.720. The standard InChI is InChI=1S/C14H20N2O3/c1-8(19-3)6-13-15-9(2)11-7-10(14(17)18)4-5-12(11)16-13/h8,10H,4-7H2,1-3H3,(H,17,18). The lowest BCUT2D eigenvalue weighted by Crippen LogP contribution is -2.25. The van der Waals surface area contributed by atoms with Gasteiger partial charge < -0.3 is 9.84 Å². The van der Waals surface area contributed by atoms with Gasteiger partial charge in [-0.2, -0.15) is 0 Å². The molecular formula is C14H20N2O3. The van der Waals surface area contributed by atoms with E-state index in [4.69, 9.17) is 9.84 Å². The molecule has 2 unspecified atom stereocenters. The van der Waals surface area contributed by atoms with Crippen molar-refractivity contribution in [2.75, 3.05) is 7.11 Å². The molecule has 0 aromatic carbocycles. The second kappa shape index (κ2) is 5.65. The molecule has 1 aliphatic carbocycles. The minimum Gasteiger partial charge on any atom is -0.481 e. The Balaban J connectivity index is 2.24. The molecule has 0 saturated heterocycles. The maximum atomic E-state index is 11.1. The van der Waals surface area contributed by atoms with Crippen molar-refractivity contribution < 1.29 is 14.6 Å². The first-order valence-electron chi connectivity index (χ1n) is 6.62. The third-order valence-electron chi connectivity index (χ3n) is 3.75. The molecule has 0 saturated carbocycles. The average Bonchev–Trinajstić information content (AvgIpc) is 2.38. The van der Waals surface area contributed by atoms with Gasteiger partial charge >= 0.3 is 5.97 Å². The third-order valence-corrected chi connectivity index (χ3v) is 3.75. The van der Waals surface area contributed by atoms with Crippen LogP contribution in [0.4, 0.5) is 0 Å². The van der Waals surface area contributed by atoms with E-state index in [0.717, 1.165) is 29.2 Å². The maximum absolute atomic E-state index is 11.1. The molecule has 0 amide bonds. The van der Waals surface area contributed by atoms with Gasteiger partial charge in [-0.25, -0.2) is 9.97 Å². The molecular weight excluding hydrogens is 244 g/mol. The summed E-state index contributed by atoms with van der Waals surface area (Å²) in [5.41, 5.74) is 2.95.